The van der Waals surface area contributed by atoms with Crippen LogP contribution in [0.4, 0.5) is 5.88 Å². The Morgan fingerprint density at radius 2 is 1.83 bits per heavy atom. The number of carbonyl (C=O) groups is 3. The van der Waals surface area contributed by atoms with Crippen molar-refractivity contribution in [2.45, 2.75) is 13.8 Å². The van der Waals surface area contributed by atoms with Crippen LogP contribution >= 0.6 is 0 Å². The maximum Gasteiger partial charge on any atom is 0.342 e. The van der Waals surface area contributed by atoms with E-state index < -0.39 is 24.4 Å². The standard InChI is InChI=1S/C20H22N2O7/c1-4-10-27-13-8-6-7-9-14(13)28-11-15(23)22-19-17(18(21)24)16(12(3)29-19)20(25)26-5-2/h4,6-9H,1,5,10-11H2,2-3H3,(H2,21,24)(H,22,23). The Labute approximate surface area is 167 Å². The van der Waals surface area contributed by atoms with Gasteiger partial charge in [-0.15, -0.1) is 0 Å². The number of amides is 2. The third-order valence-corrected chi connectivity index (χ3v) is 3.63. The van der Waals surface area contributed by atoms with E-state index in [1.165, 1.54) is 6.92 Å². The molecule has 154 valence electrons. The maximum atomic E-state index is 12.3. The first-order chi connectivity index (χ1) is 13.9. The molecule has 0 bridgehead atoms. The molecule has 0 unspecified atom stereocenters. The van der Waals surface area contributed by atoms with Gasteiger partial charge in [0.25, 0.3) is 11.8 Å². The molecule has 0 radical (unpaired) electrons. The zero-order chi connectivity index (χ0) is 21.4. The number of benzene rings is 1. The number of rotatable bonds is 10. The summed E-state index contributed by atoms with van der Waals surface area (Å²) in [5.74, 6) is -1.70. The Bertz CT molecular complexity index is 918. The number of esters is 1. The van der Waals surface area contributed by atoms with Crippen molar-refractivity contribution in [3.63, 3.8) is 0 Å². The summed E-state index contributed by atoms with van der Waals surface area (Å²) in [5, 5.41) is 2.39. The van der Waals surface area contributed by atoms with Gasteiger partial charge in [-0.25, -0.2) is 4.79 Å². The lowest BCUT2D eigenvalue weighted by atomic mass is 10.1. The Morgan fingerprint density at radius 3 is 2.41 bits per heavy atom. The lowest BCUT2D eigenvalue weighted by molar-refractivity contribution is -0.118. The number of hydrogen-bond donors (Lipinski definition) is 2. The number of aryl methyl sites for hydroxylation is 1. The van der Waals surface area contributed by atoms with Gasteiger partial charge in [-0.1, -0.05) is 24.8 Å². The van der Waals surface area contributed by atoms with Crippen molar-refractivity contribution in [3.05, 3.63) is 53.8 Å². The molecule has 0 saturated carbocycles. The van der Waals surface area contributed by atoms with Crippen LogP contribution in [0.5, 0.6) is 11.5 Å². The van der Waals surface area contributed by atoms with Crippen molar-refractivity contribution < 1.29 is 33.0 Å². The van der Waals surface area contributed by atoms with Crippen LogP contribution in [0.2, 0.25) is 0 Å². The van der Waals surface area contributed by atoms with E-state index in [1.807, 2.05) is 0 Å². The van der Waals surface area contributed by atoms with E-state index in [0.717, 1.165) is 0 Å². The normalized spacial score (nSPS) is 10.1. The summed E-state index contributed by atoms with van der Waals surface area (Å²) in [5.41, 5.74) is 4.97. The zero-order valence-corrected chi connectivity index (χ0v) is 16.2. The molecule has 2 aromatic rings. The van der Waals surface area contributed by atoms with Gasteiger partial charge in [-0.3, -0.25) is 14.9 Å². The SMILES string of the molecule is C=CCOc1ccccc1OCC(=O)Nc1oc(C)c(C(=O)OCC)c1C(N)=O. The molecule has 9 nitrogen and oxygen atoms in total. The molecule has 9 heteroatoms. The summed E-state index contributed by atoms with van der Waals surface area (Å²) in [6.45, 7) is 6.62. The second kappa shape index (κ2) is 9.98. The van der Waals surface area contributed by atoms with E-state index in [-0.39, 0.29) is 36.0 Å². The molecule has 1 aromatic carbocycles. The molecular weight excluding hydrogens is 380 g/mol. The smallest absolute Gasteiger partial charge is 0.342 e. The number of nitrogens with one attached hydrogen (secondary N) is 1. The van der Waals surface area contributed by atoms with Crippen LogP contribution in [-0.4, -0.2) is 37.6 Å². The van der Waals surface area contributed by atoms with Gasteiger partial charge >= 0.3 is 5.97 Å². The van der Waals surface area contributed by atoms with Gasteiger partial charge < -0.3 is 24.4 Å². The van der Waals surface area contributed by atoms with Gasteiger partial charge in [-0.2, -0.15) is 0 Å². The first kappa shape index (κ1) is 21.5. The second-order valence-corrected chi connectivity index (χ2v) is 5.71. The summed E-state index contributed by atoms with van der Waals surface area (Å²) < 4.78 is 21.2. The summed E-state index contributed by atoms with van der Waals surface area (Å²) in [6, 6.07) is 6.80. The number of primary amides is 1. The molecule has 1 heterocycles. The predicted octanol–water partition coefficient (Wildman–Crippen LogP) is 2.45. The van der Waals surface area contributed by atoms with Crippen LogP contribution in [0, 0.1) is 6.92 Å². The molecule has 0 aliphatic rings. The number of carbonyl (C=O) groups excluding carboxylic acids is 3. The lowest BCUT2D eigenvalue weighted by Gasteiger charge is -2.11. The van der Waals surface area contributed by atoms with Crippen LogP contribution in [0.15, 0.2) is 41.3 Å². The molecule has 0 fully saturated rings. The average molecular weight is 402 g/mol. The van der Waals surface area contributed by atoms with E-state index in [1.54, 1.807) is 37.3 Å². The molecular formula is C20H22N2O7. The van der Waals surface area contributed by atoms with E-state index in [0.29, 0.717) is 11.5 Å². The zero-order valence-electron chi connectivity index (χ0n) is 16.2. The van der Waals surface area contributed by atoms with E-state index in [4.69, 9.17) is 24.4 Å². The Kier molecular flexibility index (Phi) is 7.41. The maximum absolute atomic E-state index is 12.3. The van der Waals surface area contributed by atoms with Gasteiger partial charge in [-0.05, 0) is 26.0 Å². The van der Waals surface area contributed by atoms with Gasteiger partial charge in [0.1, 0.15) is 23.5 Å². The average Bonchev–Trinajstić information content (AvgIpc) is 3.01. The van der Waals surface area contributed by atoms with E-state index in [9.17, 15) is 14.4 Å². The second-order valence-electron chi connectivity index (χ2n) is 5.71. The fourth-order valence-electron chi connectivity index (χ4n) is 2.46. The monoisotopic (exact) mass is 402 g/mol. The van der Waals surface area contributed by atoms with Crippen LogP contribution in [0.25, 0.3) is 0 Å². The highest BCUT2D eigenvalue weighted by Crippen LogP contribution is 2.28. The summed E-state index contributed by atoms with van der Waals surface area (Å²) in [4.78, 5) is 36.2. The van der Waals surface area contributed by atoms with Gasteiger partial charge in [0.2, 0.25) is 5.88 Å². The molecule has 0 spiro atoms. The van der Waals surface area contributed by atoms with Crippen LogP contribution in [-0.2, 0) is 9.53 Å². The van der Waals surface area contributed by atoms with Crippen LogP contribution in [0.1, 0.15) is 33.4 Å². The van der Waals surface area contributed by atoms with Gasteiger partial charge in [0, 0.05) is 0 Å². The van der Waals surface area contributed by atoms with Gasteiger partial charge in [0.05, 0.1) is 6.61 Å². The highest BCUT2D eigenvalue weighted by Gasteiger charge is 2.29. The number of furan rings is 1. The van der Waals surface area contributed by atoms with Crippen molar-refractivity contribution >= 4 is 23.7 Å². The minimum Gasteiger partial charge on any atom is -0.486 e. The lowest BCUT2D eigenvalue weighted by Crippen LogP contribution is -2.23. The third-order valence-electron chi connectivity index (χ3n) is 3.63. The topological polar surface area (TPSA) is 130 Å². The Balaban J connectivity index is 2.14. The van der Waals surface area contributed by atoms with Crippen LogP contribution < -0.4 is 20.5 Å². The highest BCUT2D eigenvalue weighted by atomic mass is 16.5. The number of anilines is 1. The number of para-hydroxylation sites is 2. The molecule has 0 atom stereocenters. The molecule has 0 aliphatic carbocycles. The van der Waals surface area contributed by atoms with E-state index >= 15 is 0 Å². The van der Waals surface area contributed by atoms with Crippen molar-refractivity contribution in [1.82, 2.24) is 0 Å². The van der Waals surface area contributed by atoms with E-state index in [2.05, 4.69) is 11.9 Å². The molecule has 29 heavy (non-hydrogen) atoms. The minimum absolute atomic E-state index is 0.0941. The minimum atomic E-state index is -0.940. The molecule has 2 amide bonds. The van der Waals surface area contributed by atoms with Gasteiger partial charge in [0.15, 0.2) is 18.1 Å². The fourth-order valence-corrected chi connectivity index (χ4v) is 2.46. The molecule has 1 aromatic heterocycles. The molecule has 2 rings (SSSR count). The summed E-state index contributed by atoms with van der Waals surface area (Å²) >= 11 is 0. The first-order valence-electron chi connectivity index (χ1n) is 8.74. The van der Waals surface area contributed by atoms with Crippen molar-refractivity contribution in [2.75, 3.05) is 25.1 Å². The Morgan fingerprint density at radius 1 is 1.17 bits per heavy atom. The largest absolute Gasteiger partial charge is 0.486 e. The van der Waals surface area contributed by atoms with Crippen molar-refractivity contribution in [2.24, 2.45) is 5.73 Å². The quantitative estimate of drug-likeness (QED) is 0.461. The predicted molar refractivity (Wildman–Crippen MR) is 104 cm³/mol. The first-order valence-corrected chi connectivity index (χ1v) is 8.74. The number of hydrogen-bond acceptors (Lipinski definition) is 7. The molecule has 0 aliphatic heterocycles. The summed E-state index contributed by atoms with van der Waals surface area (Å²) in [7, 11) is 0. The molecule has 0 saturated heterocycles. The summed E-state index contributed by atoms with van der Waals surface area (Å²) in [6.07, 6.45) is 1.58. The number of nitrogens with two attached hydrogens (primary N) is 1. The third kappa shape index (κ3) is 5.38. The number of ether oxygens (including phenoxy) is 3. The van der Waals surface area contributed by atoms with Crippen molar-refractivity contribution in [1.29, 1.82) is 0 Å². The molecule has 3 N–H and O–H groups in total. The van der Waals surface area contributed by atoms with Crippen molar-refractivity contribution in [3.8, 4) is 11.5 Å². The fraction of sp³-hybridized carbons (Fsp3) is 0.250. The Hall–Kier alpha value is -3.75. The van der Waals surface area contributed by atoms with Crippen LogP contribution in [0.3, 0.4) is 0 Å². The highest BCUT2D eigenvalue weighted by molar-refractivity contribution is 6.10.